The van der Waals surface area contributed by atoms with E-state index >= 15 is 0 Å². The molecule has 0 unspecified atom stereocenters. The van der Waals surface area contributed by atoms with Crippen LogP contribution in [-0.4, -0.2) is 6.61 Å². The van der Waals surface area contributed by atoms with Gasteiger partial charge in [0.25, 0.3) is 0 Å². The van der Waals surface area contributed by atoms with E-state index in [1.165, 1.54) is 0 Å². The van der Waals surface area contributed by atoms with Crippen molar-refractivity contribution < 1.29 is 9.15 Å². The molecule has 0 bridgehead atoms. The molecule has 0 aliphatic carbocycles. The van der Waals surface area contributed by atoms with E-state index in [9.17, 15) is 4.79 Å². The quantitative estimate of drug-likeness (QED) is 0.494. The number of rotatable bonds is 5. The van der Waals surface area contributed by atoms with Gasteiger partial charge in [-0.25, -0.2) is 4.79 Å². The molecule has 3 aromatic rings. The molecule has 0 atom stereocenters. The Kier molecular flexibility index (Phi) is 4.47. The number of fused-ring (bicyclic) bond motifs is 1. The molecular weight excluding hydrogens is 288 g/mol. The van der Waals surface area contributed by atoms with Gasteiger partial charge in [0.15, 0.2) is 0 Å². The van der Waals surface area contributed by atoms with Crippen molar-refractivity contribution in [3.63, 3.8) is 0 Å². The van der Waals surface area contributed by atoms with Crippen LogP contribution in [0.4, 0.5) is 0 Å². The molecule has 118 valence electrons. The zero-order valence-electron chi connectivity index (χ0n) is 13.5. The van der Waals surface area contributed by atoms with Crippen molar-refractivity contribution in [1.82, 2.24) is 0 Å². The van der Waals surface area contributed by atoms with Crippen LogP contribution in [0.5, 0.6) is 5.75 Å². The second-order valence-electron chi connectivity index (χ2n) is 5.61. The van der Waals surface area contributed by atoms with E-state index in [2.05, 4.69) is 6.92 Å². The maximum Gasteiger partial charge on any atom is 0.336 e. The van der Waals surface area contributed by atoms with E-state index in [1.54, 1.807) is 6.07 Å². The zero-order chi connectivity index (χ0) is 16.2. The molecule has 3 nitrogen and oxygen atoms in total. The Morgan fingerprint density at radius 3 is 2.61 bits per heavy atom. The second kappa shape index (κ2) is 6.69. The molecule has 0 fully saturated rings. The van der Waals surface area contributed by atoms with Crippen LogP contribution in [0.25, 0.3) is 22.1 Å². The molecule has 3 heteroatoms. The molecule has 0 aliphatic rings. The summed E-state index contributed by atoms with van der Waals surface area (Å²) in [6.45, 7) is 4.73. The van der Waals surface area contributed by atoms with E-state index in [-0.39, 0.29) is 5.63 Å². The van der Waals surface area contributed by atoms with Crippen LogP contribution >= 0.6 is 0 Å². The third-order valence-electron chi connectivity index (χ3n) is 3.95. The molecule has 1 aromatic heterocycles. The van der Waals surface area contributed by atoms with Crippen molar-refractivity contribution in [3.05, 3.63) is 64.5 Å². The van der Waals surface area contributed by atoms with E-state index in [1.807, 2.05) is 49.4 Å². The Bertz CT molecular complexity index is 863. The lowest BCUT2D eigenvalue weighted by atomic mass is 10.0. The molecule has 0 N–H and O–H groups in total. The van der Waals surface area contributed by atoms with Gasteiger partial charge in [0.2, 0.25) is 0 Å². The Balaban J connectivity index is 2.14. The summed E-state index contributed by atoms with van der Waals surface area (Å²) in [5.41, 5.74) is 3.02. The van der Waals surface area contributed by atoms with Crippen LogP contribution in [0, 0.1) is 6.92 Å². The topological polar surface area (TPSA) is 39.4 Å². The van der Waals surface area contributed by atoms with Crippen molar-refractivity contribution >= 4 is 11.0 Å². The first-order chi connectivity index (χ1) is 11.2. The molecule has 0 saturated carbocycles. The molecule has 2 aromatic carbocycles. The lowest BCUT2D eigenvalue weighted by Gasteiger charge is -2.12. The third kappa shape index (κ3) is 3.14. The lowest BCUT2D eigenvalue weighted by molar-refractivity contribution is 0.307. The molecule has 23 heavy (non-hydrogen) atoms. The Hall–Kier alpha value is -2.55. The molecule has 0 spiro atoms. The van der Waals surface area contributed by atoms with Crippen LogP contribution in [0.3, 0.4) is 0 Å². The van der Waals surface area contributed by atoms with Gasteiger partial charge in [0.1, 0.15) is 11.3 Å². The van der Waals surface area contributed by atoms with Crippen LogP contribution in [0.2, 0.25) is 0 Å². The van der Waals surface area contributed by atoms with Crippen molar-refractivity contribution in [1.29, 1.82) is 0 Å². The molecule has 0 amide bonds. The standard InChI is InChI=1S/C20H20O3/c1-3-4-12-22-18-11-10-16-17(15-8-6-5-7-9-15)13-19(21)23-20(16)14(18)2/h5-11,13H,3-4,12H2,1-2H3. The van der Waals surface area contributed by atoms with Gasteiger partial charge in [-0.2, -0.15) is 0 Å². The first-order valence-corrected chi connectivity index (χ1v) is 7.96. The van der Waals surface area contributed by atoms with E-state index in [0.29, 0.717) is 12.2 Å². The fraction of sp³-hybridized carbons (Fsp3) is 0.250. The van der Waals surface area contributed by atoms with Gasteiger partial charge >= 0.3 is 5.63 Å². The van der Waals surface area contributed by atoms with E-state index in [4.69, 9.17) is 9.15 Å². The highest BCUT2D eigenvalue weighted by Crippen LogP contribution is 2.33. The smallest absolute Gasteiger partial charge is 0.336 e. The minimum Gasteiger partial charge on any atom is -0.493 e. The molecule has 0 aliphatic heterocycles. The van der Waals surface area contributed by atoms with Gasteiger partial charge < -0.3 is 9.15 Å². The average molecular weight is 308 g/mol. The number of benzene rings is 2. The summed E-state index contributed by atoms with van der Waals surface area (Å²) in [6.07, 6.45) is 2.09. The summed E-state index contributed by atoms with van der Waals surface area (Å²) < 4.78 is 11.3. The van der Waals surface area contributed by atoms with E-state index in [0.717, 1.165) is 40.7 Å². The van der Waals surface area contributed by atoms with Crippen molar-refractivity contribution in [2.45, 2.75) is 26.7 Å². The normalized spacial score (nSPS) is 10.9. The monoisotopic (exact) mass is 308 g/mol. The molecule has 3 rings (SSSR count). The second-order valence-corrected chi connectivity index (χ2v) is 5.61. The highest BCUT2D eigenvalue weighted by atomic mass is 16.5. The Morgan fingerprint density at radius 2 is 1.87 bits per heavy atom. The van der Waals surface area contributed by atoms with Gasteiger partial charge in [-0.3, -0.25) is 0 Å². The zero-order valence-corrected chi connectivity index (χ0v) is 13.5. The Morgan fingerprint density at radius 1 is 1.09 bits per heavy atom. The number of unbranched alkanes of at least 4 members (excludes halogenated alkanes) is 1. The van der Waals surface area contributed by atoms with Gasteiger partial charge in [-0.05, 0) is 36.6 Å². The van der Waals surface area contributed by atoms with Gasteiger partial charge in [-0.15, -0.1) is 0 Å². The Labute approximate surface area is 135 Å². The molecule has 1 heterocycles. The first-order valence-electron chi connectivity index (χ1n) is 7.96. The predicted molar refractivity (Wildman–Crippen MR) is 93.1 cm³/mol. The van der Waals surface area contributed by atoms with Gasteiger partial charge in [0, 0.05) is 17.0 Å². The predicted octanol–water partition coefficient (Wildman–Crippen LogP) is 4.95. The maximum absolute atomic E-state index is 12.0. The number of ether oxygens (including phenoxy) is 1. The summed E-state index contributed by atoms with van der Waals surface area (Å²) in [6, 6.07) is 15.4. The summed E-state index contributed by atoms with van der Waals surface area (Å²) in [5, 5.41) is 0.927. The summed E-state index contributed by atoms with van der Waals surface area (Å²) in [5.74, 6) is 0.777. The number of hydrogen-bond donors (Lipinski definition) is 0. The van der Waals surface area contributed by atoms with Gasteiger partial charge in [0.05, 0.1) is 6.61 Å². The maximum atomic E-state index is 12.0. The van der Waals surface area contributed by atoms with Crippen LogP contribution in [0.15, 0.2) is 57.7 Å². The molecule has 0 radical (unpaired) electrons. The fourth-order valence-electron chi connectivity index (χ4n) is 2.68. The van der Waals surface area contributed by atoms with Crippen molar-refractivity contribution in [2.24, 2.45) is 0 Å². The highest BCUT2D eigenvalue weighted by Gasteiger charge is 2.12. The van der Waals surface area contributed by atoms with Crippen molar-refractivity contribution in [3.8, 4) is 16.9 Å². The summed E-state index contributed by atoms with van der Waals surface area (Å²) >= 11 is 0. The minimum atomic E-state index is -0.342. The van der Waals surface area contributed by atoms with Crippen molar-refractivity contribution in [2.75, 3.05) is 6.61 Å². The lowest BCUT2D eigenvalue weighted by Crippen LogP contribution is -2.02. The van der Waals surface area contributed by atoms with Crippen LogP contribution < -0.4 is 10.4 Å². The van der Waals surface area contributed by atoms with Crippen LogP contribution in [0.1, 0.15) is 25.3 Å². The average Bonchev–Trinajstić information content (AvgIpc) is 2.58. The minimum absolute atomic E-state index is 0.342. The number of aryl methyl sites for hydroxylation is 1. The third-order valence-corrected chi connectivity index (χ3v) is 3.95. The molecular formula is C20H20O3. The highest BCUT2D eigenvalue weighted by molar-refractivity contribution is 5.95. The van der Waals surface area contributed by atoms with Crippen LogP contribution in [-0.2, 0) is 0 Å². The summed E-state index contributed by atoms with van der Waals surface area (Å²) in [4.78, 5) is 12.0. The molecule has 0 saturated heterocycles. The fourth-order valence-corrected chi connectivity index (χ4v) is 2.68. The van der Waals surface area contributed by atoms with E-state index < -0.39 is 0 Å². The number of hydrogen-bond acceptors (Lipinski definition) is 3. The first kappa shape index (κ1) is 15.3. The SMILES string of the molecule is CCCCOc1ccc2c(-c3ccccc3)cc(=O)oc2c1C. The largest absolute Gasteiger partial charge is 0.493 e. The summed E-state index contributed by atoms with van der Waals surface area (Å²) in [7, 11) is 0. The van der Waals surface area contributed by atoms with Gasteiger partial charge in [-0.1, -0.05) is 43.7 Å².